The van der Waals surface area contributed by atoms with E-state index in [2.05, 4.69) is 10.6 Å². The molecular formula is C25H23Cl2N3O4S. The van der Waals surface area contributed by atoms with Gasteiger partial charge in [0.15, 0.2) is 0 Å². The number of benzene rings is 3. The maximum atomic E-state index is 12.8. The summed E-state index contributed by atoms with van der Waals surface area (Å²) in [5.74, 6) is -0.649. The van der Waals surface area contributed by atoms with Crippen LogP contribution in [0.25, 0.3) is 0 Å². The average Bonchev–Trinajstić information content (AvgIpc) is 3.01. The van der Waals surface area contributed by atoms with Crippen molar-refractivity contribution in [1.29, 1.82) is 0 Å². The van der Waals surface area contributed by atoms with E-state index in [9.17, 15) is 18.0 Å². The van der Waals surface area contributed by atoms with Gasteiger partial charge in [0, 0.05) is 28.4 Å². The Bertz CT molecular complexity index is 1360. The lowest BCUT2D eigenvalue weighted by Gasteiger charge is -2.22. The van der Waals surface area contributed by atoms with Gasteiger partial charge >= 0.3 is 0 Å². The largest absolute Gasteiger partial charge is 0.322 e. The van der Waals surface area contributed by atoms with E-state index in [0.717, 1.165) is 12.8 Å². The summed E-state index contributed by atoms with van der Waals surface area (Å²) in [6, 6.07) is 17.7. The first-order valence-electron chi connectivity index (χ1n) is 11.0. The van der Waals surface area contributed by atoms with E-state index in [1.165, 1.54) is 10.4 Å². The van der Waals surface area contributed by atoms with E-state index in [1.807, 2.05) is 0 Å². The maximum Gasteiger partial charge on any atom is 0.255 e. The number of nitrogens with zero attached hydrogens (tertiary/aromatic N) is 1. The summed E-state index contributed by atoms with van der Waals surface area (Å²) in [6.07, 6.45) is 2.33. The molecule has 0 aliphatic carbocycles. The van der Waals surface area contributed by atoms with Crippen LogP contribution in [-0.4, -0.2) is 32.5 Å². The second-order valence-electron chi connectivity index (χ2n) is 8.11. The zero-order chi connectivity index (χ0) is 25.0. The van der Waals surface area contributed by atoms with Gasteiger partial charge in [-0.3, -0.25) is 13.9 Å². The van der Waals surface area contributed by atoms with Crippen LogP contribution in [0.15, 0.2) is 66.7 Å². The van der Waals surface area contributed by atoms with Crippen LogP contribution in [0.1, 0.15) is 40.0 Å². The lowest BCUT2D eigenvalue weighted by molar-refractivity contribution is 0.101. The number of rotatable bonds is 5. The first kappa shape index (κ1) is 25.0. The highest BCUT2D eigenvalue weighted by molar-refractivity contribution is 7.92. The van der Waals surface area contributed by atoms with E-state index in [4.69, 9.17) is 23.2 Å². The molecule has 1 fully saturated rings. The molecule has 1 aliphatic rings. The first-order chi connectivity index (χ1) is 16.7. The number of anilines is 3. The third kappa shape index (κ3) is 6.14. The van der Waals surface area contributed by atoms with Gasteiger partial charge in [-0.05, 0) is 73.5 Å². The van der Waals surface area contributed by atoms with Crippen LogP contribution >= 0.6 is 23.2 Å². The fourth-order valence-corrected chi connectivity index (χ4v) is 5.76. The molecule has 3 aromatic carbocycles. The van der Waals surface area contributed by atoms with Crippen LogP contribution in [0.4, 0.5) is 17.1 Å². The van der Waals surface area contributed by atoms with Crippen LogP contribution in [0.5, 0.6) is 0 Å². The molecule has 0 saturated carbocycles. The monoisotopic (exact) mass is 531 g/mol. The Morgan fingerprint density at radius 3 is 2.29 bits per heavy atom. The third-order valence-electron chi connectivity index (χ3n) is 5.58. The topological polar surface area (TPSA) is 95.6 Å². The van der Waals surface area contributed by atoms with Gasteiger partial charge in [-0.15, -0.1) is 0 Å². The highest BCUT2D eigenvalue weighted by Gasteiger charge is 2.24. The fourth-order valence-electron chi connectivity index (χ4n) is 3.76. The minimum Gasteiger partial charge on any atom is -0.322 e. The molecule has 2 N–H and O–H groups in total. The SMILES string of the molecule is O=C(Nc1ccc(Cl)c(NC(=O)c2cccc(Cl)c2)c1)c1ccc(N2CCCCCS2(=O)=O)cc1. The number of nitrogens with one attached hydrogen (secondary N) is 2. The van der Waals surface area contributed by atoms with Crippen molar-refractivity contribution in [3.05, 3.63) is 87.9 Å². The minimum absolute atomic E-state index is 0.127. The van der Waals surface area contributed by atoms with Gasteiger partial charge in [-0.25, -0.2) is 8.42 Å². The summed E-state index contributed by atoms with van der Waals surface area (Å²) >= 11 is 12.2. The van der Waals surface area contributed by atoms with Gasteiger partial charge in [-0.1, -0.05) is 35.7 Å². The Hall–Kier alpha value is -3.07. The summed E-state index contributed by atoms with van der Waals surface area (Å²) in [7, 11) is -3.36. The molecule has 2 amide bonds. The van der Waals surface area contributed by atoms with Gasteiger partial charge in [0.05, 0.1) is 22.2 Å². The smallest absolute Gasteiger partial charge is 0.255 e. The molecule has 3 aromatic rings. The van der Waals surface area contributed by atoms with E-state index in [0.29, 0.717) is 51.2 Å². The predicted octanol–water partition coefficient (Wildman–Crippen LogP) is 5.82. The molecule has 182 valence electrons. The molecule has 0 spiro atoms. The van der Waals surface area contributed by atoms with Gasteiger partial charge in [-0.2, -0.15) is 0 Å². The van der Waals surface area contributed by atoms with Crippen molar-refractivity contribution in [2.24, 2.45) is 0 Å². The highest BCUT2D eigenvalue weighted by atomic mass is 35.5. The van der Waals surface area contributed by atoms with Gasteiger partial charge in [0.25, 0.3) is 11.8 Å². The van der Waals surface area contributed by atoms with Crippen molar-refractivity contribution < 1.29 is 18.0 Å². The fraction of sp³-hybridized carbons (Fsp3) is 0.200. The molecular weight excluding hydrogens is 509 g/mol. The number of halogens is 2. The second-order valence-corrected chi connectivity index (χ2v) is 11.0. The van der Waals surface area contributed by atoms with Gasteiger partial charge in [0.2, 0.25) is 10.0 Å². The molecule has 7 nitrogen and oxygen atoms in total. The Kier molecular flexibility index (Phi) is 7.64. The van der Waals surface area contributed by atoms with Crippen LogP contribution < -0.4 is 14.9 Å². The zero-order valence-electron chi connectivity index (χ0n) is 18.6. The predicted molar refractivity (Wildman–Crippen MR) is 140 cm³/mol. The standard InChI is InChI=1S/C25H23Cl2N3O4S/c26-19-6-4-5-18(15-19)25(32)29-23-16-20(9-12-22(23)27)28-24(31)17-7-10-21(11-8-17)30-13-2-1-3-14-35(30,33)34/h4-12,15-16H,1-3,13-14H2,(H,28,31)(H,29,32). The molecule has 0 radical (unpaired) electrons. The Labute approximate surface area is 214 Å². The number of sulfonamides is 1. The highest BCUT2D eigenvalue weighted by Crippen LogP contribution is 2.27. The molecule has 1 saturated heterocycles. The normalized spacial score (nSPS) is 15.2. The minimum atomic E-state index is -3.36. The van der Waals surface area contributed by atoms with Gasteiger partial charge in [0.1, 0.15) is 0 Å². The van der Waals surface area contributed by atoms with Crippen LogP contribution in [0, 0.1) is 0 Å². The molecule has 1 heterocycles. The lowest BCUT2D eigenvalue weighted by atomic mass is 10.1. The third-order valence-corrected chi connectivity index (χ3v) is 8.01. The van der Waals surface area contributed by atoms with Crippen molar-refractivity contribution in [1.82, 2.24) is 0 Å². The molecule has 35 heavy (non-hydrogen) atoms. The number of carbonyl (C=O) groups excluding carboxylic acids is 2. The van der Waals surface area contributed by atoms with Crippen LogP contribution in [0.3, 0.4) is 0 Å². The van der Waals surface area contributed by atoms with Crippen LogP contribution in [-0.2, 0) is 10.0 Å². The summed E-state index contributed by atoms with van der Waals surface area (Å²) in [5.41, 5.74) is 2.03. The first-order valence-corrected chi connectivity index (χ1v) is 13.4. The Morgan fingerprint density at radius 1 is 0.800 bits per heavy atom. The molecule has 4 rings (SSSR count). The lowest BCUT2D eigenvalue weighted by Crippen LogP contribution is -2.32. The Balaban J connectivity index is 1.46. The average molecular weight is 532 g/mol. The summed E-state index contributed by atoms with van der Waals surface area (Å²) < 4.78 is 26.4. The summed E-state index contributed by atoms with van der Waals surface area (Å²) in [4.78, 5) is 25.3. The number of hydrogen-bond donors (Lipinski definition) is 2. The molecule has 0 bridgehead atoms. The van der Waals surface area contributed by atoms with Crippen LogP contribution in [0.2, 0.25) is 10.0 Å². The molecule has 0 aromatic heterocycles. The molecule has 0 atom stereocenters. The maximum absolute atomic E-state index is 12.8. The van der Waals surface area contributed by atoms with Crippen molar-refractivity contribution >= 4 is 62.1 Å². The number of amides is 2. The van der Waals surface area contributed by atoms with Crippen molar-refractivity contribution in [3.63, 3.8) is 0 Å². The van der Waals surface area contributed by atoms with Crippen molar-refractivity contribution in [2.75, 3.05) is 27.2 Å². The van der Waals surface area contributed by atoms with E-state index in [-0.39, 0.29) is 11.7 Å². The van der Waals surface area contributed by atoms with E-state index >= 15 is 0 Å². The van der Waals surface area contributed by atoms with Crippen molar-refractivity contribution in [2.45, 2.75) is 19.3 Å². The Morgan fingerprint density at radius 2 is 1.54 bits per heavy atom. The zero-order valence-corrected chi connectivity index (χ0v) is 21.0. The van der Waals surface area contributed by atoms with Gasteiger partial charge < -0.3 is 10.6 Å². The molecule has 10 heteroatoms. The second kappa shape index (κ2) is 10.7. The van der Waals surface area contributed by atoms with E-state index < -0.39 is 15.9 Å². The number of carbonyl (C=O) groups is 2. The summed E-state index contributed by atoms with van der Waals surface area (Å²) in [5, 5.41) is 6.23. The van der Waals surface area contributed by atoms with E-state index in [1.54, 1.807) is 60.7 Å². The van der Waals surface area contributed by atoms with Crippen molar-refractivity contribution in [3.8, 4) is 0 Å². The molecule has 1 aliphatic heterocycles. The summed E-state index contributed by atoms with van der Waals surface area (Å²) in [6.45, 7) is 0.433. The number of hydrogen-bond acceptors (Lipinski definition) is 4. The quantitative estimate of drug-likeness (QED) is 0.433. The molecule has 0 unspecified atom stereocenters.